The number of aromatic nitrogens is 1. The van der Waals surface area contributed by atoms with Crippen molar-refractivity contribution in [3.63, 3.8) is 0 Å². The highest BCUT2D eigenvalue weighted by Gasteiger charge is 2.04. The van der Waals surface area contributed by atoms with Gasteiger partial charge in [-0.3, -0.25) is 4.98 Å². The fourth-order valence-electron chi connectivity index (χ4n) is 1.90. The van der Waals surface area contributed by atoms with Crippen LogP contribution in [-0.2, 0) is 6.42 Å². The smallest absolute Gasteiger partial charge is 0.319 e. The van der Waals surface area contributed by atoms with Crippen molar-refractivity contribution in [2.75, 3.05) is 19.0 Å². The number of benzene rings is 1. The van der Waals surface area contributed by atoms with Crippen molar-refractivity contribution >= 4 is 11.7 Å². The number of hydrogen-bond donors (Lipinski definition) is 2. The number of methoxy groups -OCH3 is 1. The van der Waals surface area contributed by atoms with Gasteiger partial charge in [0, 0.05) is 12.7 Å². The molecule has 0 aliphatic carbocycles. The summed E-state index contributed by atoms with van der Waals surface area (Å²) >= 11 is 0. The van der Waals surface area contributed by atoms with Crippen molar-refractivity contribution in [1.29, 1.82) is 0 Å². The third kappa shape index (κ3) is 4.49. The molecule has 110 valence electrons. The second kappa shape index (κ2) is 7.28. The number of ether oxygens (including phenoxy) is 1. The quantitative estimate of drug-likeness (QED) is 0.888. The molecule has 0 aliphatic heterocycles. The normalized spacial score (nSPS) is 10.0. The predicted molar refractivity (Wildman–Crippen MR) is 82.7 cm³/mol. The lowest BCUT2D eigenvalue weighted by molar-refractivity contribution is 0.252. The van der Waals surface area contributed by atoms with Gasteiger partial charge in [-0.15, -0.1) is 0 Å². The summed E-state index contributed by atoms with van der Waals surface area (Å²) in [5, 5.41) is 5.61. The fourth-order valence-corrected chi connectivity index (χ4v) is 1.90. The van der Waals surface area contributed by atoms with Crippen LogP contribution in [0.1, 0.15) is 11.3 Å². The van der Waals surface area contributed by atoms with E-state index in [0.29, 0.717) is 6.54 Å². The molecule has 2 amide bonds. The maximum Gasteiger partial charge on any atom is 0.319 e. The van der Waals surface area contributed by atoms with Crippen LogP contribution in [0.15, 0.2) is 42.6 Å². The van der Waals surface area contributed by atoms with Gasteiger partial charge in [0.25, 0.3) is 0 Å². The van der Waals surface area contributed by atoms with Gasteiger partial charge in [0.05, 0.1) is 18.5 Å². The molecule has 0 spiro atoms. The molecule has 0 bridgehead atoms. The van der Waals surface area contributed by atoms with Crippen LogP contribution >= 0.6 is 0 Å². The van der Waals surface area contributed by atoms with E-state index in [4.69, 9.17) is 4.74 Å². The van der Waals surface area contributed by atoms with Crippen LogP contribution in [0.4, 0.5) is 10.5 Å². The van der Waals surface area contributed by atoms with Crippen molar-refractivity contribution < 1.29 is 9.53 Å². The number of rotatable bonds is 5. The summed E-state index contributed by atoms with van der Waals surface area (Å²) < 4.78 is 5.10. The van der Waals surface area contributed by atoms with Gasteiger partial charge in [0.2, 0.25) is 0 Å². The second-order valence-corrected chi connectivity index (χ2v) is 4.62. The summed E-state index contributed by atoms with van der Waals surface area (Å²) in [6.45, 7) is 2.42. The van der Waals surface area contributed by atoms with Crippen LogP contribution in [0.25, 0.3) is 0 Å². The van der Waals surface area contributed by atoms with Gasteiger partial charge in [-0.25, -0.2) is 4.79 Å². The highest BCUT2D eigenvalue weighted by Crippen LogP contribution is 2.12. The minimum Gasteiger partial charge on any atom is -0.497 e. The summed E-state index contributed by atoms with van der Waals surface area (Å²) in [5.41, 5.74) is 2.66. The Kier molecular flexibility index (Phi) is 5.15. The number of amides is 2. The molecule has 0 aliphatic rings. The monoisotopic (exact) mass is 285 g/mol. The molecule has 5 nitrogen and oxygen atoms in total. The highest BCUT2D eigenvalue weighted by atomic mass is 16.5. The Hall–Kier alpha value is -2.56. The van der Waals surface area contributed by atoms with E-state index in [2.05, 4.69) is 15.6 Å². The number of aryl methyl sites for hydroxylation is 1. The topological polar surface area (TPSA) is 63.2 Å². The van der Waals surface area contributed by atoms with Gasteiger partial charge >= 0.3 is 6.03 Å². The molecule has 1 aromatic heterocycles. The minimum absolute atomic E-state index is 0.223. The number of urea groups is 1. The Balaban J connectivity index is 1.77. The zero-order chi connectivity index (χ0) is 15.1. The van der Waals surface area contributed by atoms with E-state index in [-0.39, 0.29) is 6.03 Å². The number of carbonyl (C=O) groups excluding carboxylic acids is 1. The molecule has 21 heavy (non-hydrogen) atoms. The maximum absolute atomic E-state index is 11.8. The number of nitrogens with one attached hydrogen (secondary N) is 2. The summed E-state index contributed by atoms with van der Waals surface area (Å²) in [6.07, 6.45) is 2.46. The van der Waals surface area contributed by atoms with Gasteiger partial charge in [-0.05, 0) is 43.2 Å². The summed E-state index contributed by atoms with van der Waals surface area (Å²) in [6, 6.07) is 11.2. The number of nitrogens with zero attached hydrogens (tertiary/aromatic N) is 1. The zero-order valence-electron chi connectivity index (χ0n) is 12.2. The minimum atomic E-state index is -0.223. The van der Waals surface area contributed by atoms with E-state index in [0.717, 1.165) is 29.1 Å². The van der Waals surface area contributed by atoms with E-state index in [1.165, 1.54) is 0 Å². The zero-order valence-corrected chi connectivity index (χ0v) is 12.2. The van der Waals surface area contributed by atoms with E-state index in [9.17, 15) is 4.79 Å². The Morgan fingerprint density at radius 1 is 1.24 bits per heavy atom. The number of anilines is 1. The van der Waals surface area contributed by atoms with Crippen LogP contribution < -0.4 is 15.4 Å². The summed E-state index contributed by atoms with van der Waals surface area (Å²) in [4.78, 5) is 15.9. The molecule has 2 N–H and O–H groups in total. The maximum atomic E-state index is 11.8. The first kappa shape index (κ1) is 14.8. The lowest BCUT2D eigenvalue weighted by Gasteiger charge is -2.09. The first-order valence-corrected chi connectivity index (χ1v) is 6.78. The average Bonchev–Trinajstić information content (AvgIpc) is 2.50. The largest absolute Gasteiger partial charge is 0.497 e. The third-order valence-electron chi connectivity index (χ3n) is 3.11. The molecule has 5 heteroatoms. The van der Waals surface area contributed by atoms with Crippen LogP contribution in [0, 0.1) is 6.92 Å². The molecule has 2 rings (SSSR count). The Morgan fingerprint density at radius 3 is 2.67 bits per heavy atom. The van der Waals surface area contributed by atoms with Crippen LogP contribution in [0.2, 0.25) is 0 Å². The fraction of sp³-hybridized carbons (Fsp3) is 0.250. The Bertz CT molecular complexity index is 597. The number of carbonyl (C=O) groups is 1. The molecular weight excluding hydrogens is 266 g/mol. The van der Waals surface area contributed by atoms with Gasteiger partial charge in [-0.2, -0.15) is 0 Å². The third-order valence-corrected chi connectivity index (χ3v) is 3.11. The van der Waals surface area contributed by atoms with E-state index in [1.807, 2.05) is 37.3 Å². The van der Waals surface area contributed by atoms with E-state index >= 15 is 0 Å². The molecule has 2 aromatic rings. The van der Waals surface area contributed by atoms with Crippen molar-refractivity contribution in [2.45, 2.75) is 13.3 Å². The van der Waals surface area contributed by atoms with Crippen molar-refractivity contribution in [2.24, 2.45) is 0 Å². The van der Waals surface area contributed by atoms with Crippen molar-refractivity contribution in [3.8, 4) is 5.75 Å². The van der Waals surface area contributed by atoms with Gasteiger partial charge in [-0.1, -0.05) is 12.1 Å². The molecule has 0 radical (unpaired) electrons. The Labute approximate surface area is 124 Å². The SMILES string of the molecule is COc1ccc(CCNC(=O)Nc2cccnc2C)cc1. The molecule has 0 fully saturated rings. The summed E-state index contributed by atoms with van der Waals surface area (Å²) in [5.74, 6) is 0.830. The summed E-state index contributed by atoms with van der Waals surface area (Å²) in [7, 11) is 1.64. The number of pyridine rings is 1. The second-order valence-electron chi connectivity index (χ2n) is 4.62. The molecular formula is C16H19N3O2. The van der Waals surface area contributed by atoms with Crippen molar-refractivity contribution in [3.05, 3.63) is 53.9 Å². The number of hydrogen-bond acceptors (Lipinski definition) is 3. The van der Waals surface area contributed by atoms with Crippen LogP contribution in [-0.4, -0.2) is 24.7 Å². The van der Waals surface area contributed by atoms with Gasteiger partial charge in [0.15, 0.2) is 0 Å². The van der Waals surface area contributed by atoms with Crippen molar-refractivity contribution in [1.82, 2.24) is 10.3 Å². The van der Waals surface area contributed by atoms with Gasteiger partial charge in [0.1, 0.15) is 5.75 Å². The molecule has 1 heterocycles. The average molecular weight is 285 g/mol. The van der Waals surface area contributed by atoms with E-state index < -0.39 is 0 Å². The Morgan fingerprint density at radius 2 is 2.00 bits per heavy atom. The molecule has 0 unspecified atom stereocenters. The van der Waals surface area contributed by atoms with Gasteiger partial charge < -0.3 is 15.4 Å². The molecule has 0 atom stereocenters. The lowest BCUT2D eigenvalue weighted by Crippen LogP contribution is -2.30. The van der Waals surface area contributed by atoms with Crippen LogP contribution in [0.5, 0.6) is 5.75 Å². The first-order chi connectivity index (χ1) is 10.2. The predicted octanol–water partition coefficient (Wildman–Crippen LogP) is 2.76. The van der Waals surface area contributed by atoms with E-state index in [1.54, 1.807) is 19.4 Å². The molecule has 0 saturated heterocycles. The highest BCUT2D eigenvalue weighted by molar-refractivity contribution is 5.89. The lowest BCUT2D eigenvalue weighted by atomic mass is 10.1. The standard InChI is InChI=1S/C16H19N3O2/c1-12-15(4-3-10-17-12)19-16(20)18-11-9-13-5-7-14(21-2)8-6-13/h3-8,10H,9,11H2,1-2H3,(H2,18,19,20). The molecule has 1 aromatic carbocycles. The first-order valence-electron chi connectivity index (χ1n) is 6.78. The van der Waals surface area contributed by atoms with Crippen LogP contribution in [0.3, 0.4) is 0 Å². The molecule has 0 saturated carbocycles.